The fourth-order valence-corrected chi connectivity index (χ4v) is 2.47. The Labute approximate surface area is 79.3 Å². The summed E-state index contributed by atoms with van der Waals surface area (Å²) in [5.74, 6) is 0. The highest BCUT2D eigenvalue weighted by Gasteiger charge is 2.62. The van der Waals surface area contributed by atoms with Crippen molar-refractivity contribution in [2.24, 2.45) is 11.1 Å². The summed E-state index contributed by atoms with van der Waals surface area (Å²) in [7, 11) is 0. The Morgan fingerprint density at radius 1 is 1.38 bits per heavy atom. The summed E-state index contributed by atoms with van der Waals surface area (Å²) < 4.78 is 5.58. The van der Waals surface area contributed by atoms with Crippen LogP contribution in [-0.2, 0) is 4.74 Å². The van der Waals surface area contributed by atoms with Crippen molar-refractivity contribution in [3.05, 3.63) is 0 Å². The molecular weight excluding hydrogens is 166 g/mol. The minimum atomic E-state index is -0.661. The van der Waals surface area contributed by atoms with Crippen molar-refractivity contribution < 1.29 is 9.84 Å². The third-order valence-corrected chi connectivity index (χ3v) is 3.65. The average Bonchev–Trinajstić information content (AvgIpc) is 2.76. The molecule has 0 aromatic carbocycles. The van der Waals surface area contributed by atoms with Gasteiger partial charge in [0.05, 0.1) is 17.8 Å². The first-order valence-electron chi connectivity index (χ1n) is 5.00. The molecule has 0 radical (unpaired) electrons. The summed E-state index contributed by atoms with van der Waals surface area (Å²) >= 11 is 0. The smallest absolute Gasteiger partial charge is 0.0975 e. The highest BCUT2D eigenvalue weighted by Crippen LogP contribution is 2.58. The van der Waals surface area contributed by atoms with Crippen LogP contribution in [0.15, 0.2) is 0 Å². The van der Waals surface area contributed by atoms with Crippen LogP contribution >= 0.6 is 0 Å². The SMILES string of the molecule is CC1(C)CC(O)(C2(CN)CC2)CO1. The molecular formula is C10H19NO2. The lowest BCUT2D eigenvalue weighted by molar-refractivity contribution is -0.0385. The maximum Gasteiger partial charge on any atom is 0.0975 e. The molecule has 2 rings (SSSR count). The van der Waals surface area contributed by atoms with Gasteiger partial charge >= 0.3 is 0 Å². The molecule has 3 nitrogen and oxygen atoms in total. The van der Waals surface area contributed by atoms with Crippen LogP contribution in [-0.4, -0.2) is 29.5 Å². The third kappa shape index (κ3) is 1.30. The van der Waals surface area contributed by atoms with E-state index in [0.29, 0.717) is 13.2 Å². The summed E-state index contributed by atoms with van der Waals surface area (Å²) in [5, 5.41) is 10.4. The minimum absolute atomic E-state index is 0.0270. The summed E-state index contributed by atoms with van der Waals surface area (Å²) in [6, 6.07) is 0. The predicted molar refractivity (Wildman–Crippen MR) is 50.3 cm³/mol. The van der Waals surface area contributed by atoms with E-state index in [9.17, 15) is 5.11 Å². The Hall–Kier alpha value is -0.120. The number of hydrogen-bond donors (Lipinski definition) is 2. The summed E-state index contributed by atoms with van der Waals surface area (Å²) in [6.45, 7) is 5.09. The van der Waals surface area contributed by atoms with Crippen molar-refractivity contribution in [1.29, 1.82) is 0 Å². The quantitative estimate of drug-likeness (QED) is 0.664. The third-order valence-electron chi connectivity index (χ3n) is 3.65. The first-order valence-corrected chi connectivity index (χ1v) is 5.00. The summed E-state index contributed by atoms with van der Waals surface area (Å²) in [4.78, 5) is 0. The number of ether oxygens (including phenoxy) is 1. The van der Waals surface area contributed by atoms with Crippen molar-refractivity contribution in [2.45, 2.75) is 44.3 Å². The second kappa shape index (κ2) is 2.47. The number of hydrogen-bond acceptors (Lipinski definition) is 3. The van der Waals surface area contributed by atoms with Gasteiger partial charge in [0.25, 0.3) is 0 Å². The van der Waals surface area contributed by atoms with Gasteiger partial charge in [-0.25, -0.2) is 0 Å². The maximum atomic E-state index is 10.4. The number of nitrogens with two attached hydrogens (primary N) is 1. The highest BCUT2D eigenvalue weighted by molar-refractivity contribution is 5.13. The van der Waals surface area contributed by atoms with E-state index < -0.39 is 5.60 Å². The van der Waals surface area contributed by atoms with Crippen LogP contribution in [0.25, 0.3) is 0 Å². The lowest BCUT2D eigenvalue weighted by Crippen LogP contribution is -2.45. The zero-order valence-corrected chi connectivity index (χ0v) is 8.47. The lowest BCUT2D eigenvalue weighted by Gasteiger charge is -2.31. The monoisotopic (exact) mass is 185 g/mol. The number of aliphatic hydroxyl groups is 1. The molecule has 1 heterocycles. The van der Waals surface area contributed by atoms with Gasteiger partial charge in [-0.3, -0.25) is 0 Å². The van der Waals surface area contributed by atoms with Gasteiger partial charge in [0.15, 0.2) is 0 Å². The zero-order valence-electron chi connectivity index (χ0n) is 8.47. The van der Waals surface area contributed by atoms with Crippen molar-refractivity contribution >= 4 is 0 Å². The van der Waals surface area contributed by atoms with Crippen LogP contribution < -0.4 is 5.73 Å². The van der Waals surface area contributed by atoms with E-state index in [1.807, 2.05) is 13.8 Å². The molecule has 0 amide bonds. The maximum absolute atomic E-state index is 10.4. The molecule has 0 spiro atoms. The Bertz CT molecular complexity index is 223. The van der Waals surface area contributed by atoms with Crippen LogP contribution in [0.2, 0.25) is 0 Å². The normalized spacial score (nSPS) is 40.6. The van der Waals surface area contributed by atoms with Crippen molar-refractivity contribution in [1.82, 2.24) is 0 Å². The van der Waals surface area contributed by atoms with Gasteiger partial charge in [-0.15, -0.1) is 0 Å². The van der Waals surface area contributed by atoms with E-state index in [2.05, 4.69) is 0 Å². The minimum Gasteiger partial charge on any atom is -0.387 e. The molecule has 76 valence electrons. The Morgan fingerprint density at radius 3 is 2.31 bits per heavy atom. The molecule has 0 aromatic heterocycles. The first kappa shape index (κ1) is 9.44. The van der Waals surface area contributed by atoms with E-state index in [1.54, 1.807) is 0 Å². The zero-order chi connectivity index (χ0) is 9.74. The molecule has 1 unspecified atom stereocenters. The molecule has 0 bridgehead atoms. The molecule has 2 fully saturated rings. The summed E-state index contributed by atoms with van der Waals surface area (Å²) in [5.41, 5.74) is 4.84. The van der Waals surface area contributed by atoms with E-state index in [4.69, 9.17) is 10.5 Å². The van der Waals surface area contributed by atoms with Gasteiger partial charge < -0.3 is 15.6 Å². The van der Waals surface area contributed by atoms with Crippen LogP contribution in [0.3, 0.4) is 0 Å². The largest absolute Gasteiger partial charge is 0.387 e. The van der Waals surface area contributed by atoms with Gasteiger partial charge in [0, 0.05) is 18.4 Å². The molecule has 3 N–H and O–H groups in total. The van der Waals surface area contributed by atoms with Gasteiger partial charge in [0.1, 0.15) is 0 Å². The van der Waals surface area contributed by atoms with Crippen LogP contribution in [0.4, 0.5) is 0 Å². The molecule has 1 saturated carbocycles. The standard InChI is InChI=1S/C10H19NO2/c1-8(2)5-10(12,7-13-8)9(6-11)3-4-9/h12H,3-7,11H2,1-2H3. The molecule has 3 heteroatoms. The van der Waals surface area contributed by atoms with Gasteiger partial charge in [0.2, 0.25) is 0 Å². The second-order valence-electron chi connectivity index (χ2n) is 5.24. The highest BCUT2D eigenvalue weighted by atomic mass is 16.5. The Balaban J connectivity index is 2.15. The van der Waals surface area contributed by atoms with Crippen molar-refractivity contribution in [3.8, 4) is 0 Å². The van der Waals surface area contributed by atoms with E-state index in [-0.39, 0.29) is 11.0 Å². The molecule has 1 aliphatic carbocycles. The molecule has 0 aromatic rings. The van der Waals surface area contributed by atoms with Gasteiger partial charge in [-0.2, -0.15) is 0 Å². The van der Waals surface area contributed by atoms with Gasteiger partial charge in [-0.1, -0.05) is 0 Å². The fraction of sp³-hybridized carbons (Fsp3) is 1.00. The predicted octanol–water partition coefficient (Wildman–Crippen LogP) is 0.655. The fourth-order valence-electron chi connectivity index (χ4n) is 2.47. The van der Waals surface area contributed by atoms with E-state index >= 15 is 0 Å². The van der Waals surface area contributed by atoms with Crippen LogP contribution in [0, 0.1) is 5.41 Å². The van der Waals surface area contributed by atoms with Crippen molar-refractivity contribution in [3.63, 3.8) is 0 Å². The Kier molecular flexibility index (Phi) is 1.79. The van der Waals surface area contributed by atoms with Crippen molar-refractivity contribution in [2.75, 3.05) is 13.2 Å². The number of rotatable bonds is 2. The average molecular weight is 185 g/mol. The molecule has 1 aliphatic heterocycles. The van der Waals surface area contributed by atoms with Gasteiger partial charge in [-0.05, 0) is 26.7 Å². The summed E-state index contributed by atoms with van der Waals surface area (Å²) in [6.07, 6.45) is 2.83. The topological polar surface area (TPSA) is 55.5 Å². The molecule has 13 heavy (non-hydrogen) atoms. The molecule has 2 aliphatic rings. The molecule has 1 saturated heterocycles. The second-order valence-corrected chi connectivity index (χ2v) is 5.24. The lowest BCUT2D eigenvalue weighted by atomic mass is 9.80. The van der Waals surface area contributed by atoms with Crippen LogP contribution in [0.5, 0.6) is 0 Å². The Morgan fingerprint density at radius 2 is 2.00 bits per heavy atom. The van der Waals surface area contributed by atoms with E-state index in [0.717, 1.165) is 19.3 Å². The van der Waals surface area contributed by atoms with E-state index in [1.165, 1.54) is 0 Å². The molecule has 1 atom stereocenters. The first-order chi connectivity index (χ1) is 5.93. The van der Waals surface area contributed by atoms with Crippen LogP contribution in [0.1, 0.15) is 33.1 Å².